The first-order valence-electron chi connectivity index (χ1n) is 8.15. The third-order valence-electron chi connectivity index (χ3n) is 3.68. The van der Waals surface area contributed by atoms with Crippen LogP contribution in [0.15, 0.2) is 59.6 Å². The highest BCUT2D eigenvalue weighted by molar-refractivity contribution is 5.79. The zero-order valence-electron chi connectivity index (χ0n) is 15.1. The number of rotatable bonds is 6. The molecule has 0 spiro atoms. The number of aliphatic imine (C=N–C) groups is 1. The zero-order chi connectivity index (χ0) is 17.4. The van der Waals surface area contributed by atoms with Crippen LogP contribution in [0.3, 0.4) is 0 Å². The van der Waals surface area contributed by atoms with Crippen LogP contribution in [-0.2, 0) is 24.5 Å². The SMILES string of the molecule is CN(C)C(=NCc1ccccc1COCc1ccccc1)N(C)C. The second-order valence-corrected chi connectivity index (χ2v) is 6.15. The van der Waals surface area contributed by atoms with Gasteiger partial charge >= 0.3 is 0 Å². The number of nitrogens with zero attached hydrogens (tertiary/aromatic N) is 3. The van der Waals surface area contributed by atoms with Gasteiger partial charge in [0.25, 0.3) is 0 Å². The molecule has 0 aromatic heterocycles. The molecule has 2 rings (SSSR count). The second kappa shape index (κ2) is 9.08. The molecule has 4 heteroatoms. The van der Waals surface area contributed by atoms with Gasteiger partial charge in [-0.2, -0.15) is 0 Å². The van der Waals surface area contributed by atoms with Crippen molar-refractivity contribution in [3.8, 4) is 0 Å². The fourth-order valence-electron chi connectivity index (χ4n) is 2.54. The van der Waals surface area contributed by atoms with E-state index in [1.54, 1.807) is 0 Å². The number of guanidine groups is 1. The lowest BCUT2D eigenvalue weighted by molar-refractivity contribution is 0.106. The Morgan fingerprint density at radius 1 is 0.792 bits per heavy atom. The molecular weight excluding hydrogens is 298 g/mol. The molecule has 4 nitrogen and oxygen atoms in total. The van der Waals surface area contributed by atoms with Crippen molar-refractivity contribution in [3.63, 3.8) is 0 Å². The van der Waals surface area contributed by atoms with Crippen LogP contribution in [0, 0.1) is 0 Å². The van der Waals surface area contributed by atoms with E-state index >= 15 is 0 Å². The lowest BCUT2D eigenvalue weighted by Gasteiger charge is -2.22. The van der Waals surface area contributed by atoms with Gasteiger partial charge in [-0.15, -0.1) is 0 Å². The van der Waals surface area contributed by atoms with E-state index < -0.39 is 0 Å². The van der Waals surface area contributed by atoms with Crippen molar-refractivity contribution in [1.29, 1.82) is 0 Å². The van der Waals surface area contributed by atoms with E-state index in [1.807, 2.05) is 62.3 Å². The molecule has 0 saturated heterocycles. The molecular formula is C20H27N3O. The molecule has 0 aliphatic heterocycles. The maximum Gasteiger partial charge on any atom is 0.195 e. The minimum atomic E-state index is 0.597. The average Bonchev–Trinajstić information content (AvgIpc) is 2.56. The summed E-state index contributed by atoms with van der Waals surface area (Å²) < 4.78 is 5.88. The molecule has 0 radical (unpaired) electrons. The Morgan fingerprint density at radius 3 is 2.00 bits per heavy atom. The lowest BCUT2D eigenvalue weighted by atomic mass is 10.1. The quantitative estimate of drug-likeness (QED) is 0.602. The van der Waals surface area contributed by atoms with Crippen LogP contribution in [0.4, 0.5) is 0 Å². The van der Waals surface area contributed by atoms with Crippen LogP contribution in [0.2, 0.25) is 0 Å². The monoisotopic (exact) mass is 325 g/mol. The van der Waals surface area contributed by atoms with E-state index in [2.05, 4.69) is 30.3 Å². The van der Waals surface area contributed by atoms with Crippen molar-refractivity contribution in [2.45, 2.75) is 19.8 Å². The topological polar surface area (TPSA) is 28.1 Å². The summed E-state index contributed by atoms with van der Waals surface area (Å²) >= 11 is 0. The molecule has 0 aliphatic carbocycles. The fraction of sp³-hybridized carbons (Fsp3) is 0.350. The Balaban J connectivity index is 2.00. The minimum absolute atomic E-state index is 0.597. The van der Waals surface area contributed by atoms with E-state index in [1.165, 1.54) is 16.7 Å². The third kappa shape index (κ3) is 5.39. The summed E-state index contributed by atoms with van der Waals surface area (Å²) in [6.07, 6.45) is 0. The second-order valence-electron chi connectivity index (χ2n) is 6.15. The lowest BCUT2D eigenvalue weighted by Crippen LogP contribution is -2.35. The summed E-state index contributed by atoms with van der Waals surface area (Å²) in [7, 11) is 8.03. The molecule has 0 N–H and O–H groups in total. The van der Waals surface area contributed by atoms with Gasteiger partial charge in [0.15, 0.2) is 5.96 Å². The van der Waals surface area contributed by atoms with Gasteiger partial charge in [0.1, 0.15) is 0 Å². The molecule has 0 saturated carbocycles. The summed E-state index contributed by atoms with van der Waals surface area (Å²) in [6, 6.07) is 18.6. The van der Waals surface area contributed by atoms with Crippen molar-refractivity contribution in [2.75, 3.05) is 28.2 Å². The molecule has 2 aromatic rings. The maximum absolute atomic E-state index is 5.88. The van der Waals surface area contributed by atoms with Crippen LogP contribution >= 0.6 is 0 Å². The number of ether oxygens (including phenoxy) is 1. The first-order valence-corrected chi connectivity index (χ1v) is 8.15. The average molecular weight is 325 g/mol. The smallest absolute Gasteiger partial charge is 0.195 e. The normalized spacial score (nSPS) is 10.3. The predicted octanol–water partition coefficient (Wildman–Crippen LogP) is 3.38. The molecule has 0 amide bonds. The molecule has 0 unspecified atom stereocenters. The molecule has 128 valence electrons. The maximum atomic E-state index is 5.88. The molecule has 0 bridgehead atoms. The van der Waals surface area contributed by atoms with E-state index in [4.69, 9.17) is 9.73 Å². The molecule has 24 heavy (non-hydrogen) atoms. The summed E-state index contributed by atoms with van der Waals surface area (Å²) in [5.41, 5.74) is 3.58. The summed E-state index contributed by atoms with van der Waals surface area (Å²) in [5, 5.41) is 0. The minimum Gasteiger partial charge on any atom is -0.372 e. The van der Waals surface area contributed by atoms with Gasteiger partial charge in [0.2, 0.25) is 0 Å². The van der Waals surface area contributed by atoms with Crippen LogP contribution in [0.25, 0.3) is 0 Å². The molecule has 0 aliphatic rings. The van der Waals surface area contributed by atoms with Crippen LogP contribution in [-0.4, -0.2) is 44.0 Å². The Bertz CT molecular complexity index is 641. The number of benzene rings is 2. The first kappa shape index (κ1) is 18.0. The van der Waals surface area contributed by atoms with Gasteiger partial charge in [0, 0.05) is 28.2 Å². The molecule has 0 atom stereocenters. The van der Waals surface area contributed by atoms with Crippen molar-refractivity contribution in [2.24, 2.45) is 4.99 Å². The highest BCUT2D eigenvalue weighted by Gasteiger charge is 2.06. The van der Waals surface area contributed by atoms with E-state index in [0.29, 0.717) is 19.8 Å². The predicted molar refractivity (Wildman–Crippen MR) is 99.9 cm³/mol. The van der Waals surface area contributed by atoms with Gasteiger partial charge in [-0.25, -0.2) is 4.99 Å². The van der Waals surface area contributed by atoms with E-state index in [0.717, 1.165) is 5.96 Å². The van der Waals surface area contributed by atoms with Gasteiger partial charge in [0.05, 0.1) is 19.8 Å². The molecule has 0 heterocycles. The van der Waals surface area contributed by atoms with Crippen LogP contribution in [0.1, 0.15) is 16.7 Å². The Labute approximate surface area is 145 Å². The highest BCUT2D eigenvalue weighted by atomic mass is 16.5. The van der Waals surface area contributed by atoms with Gasteiger partial charge in [-0.1, -0.05) is 54.6 Å². The molecule has 2 aromatic carbocycles. The first-order chi connectivity index (χ1) is 11.6. The Kier molecular flexibility index (Phi) is 6.82. The van der Waals surface area contributed by atoms with Crippen LogP contribution in [0.5, 0.6) is 0 Å². The van der Waals surface area contributed by atoms with E-state index in [9.17, 15) is 0 Å². The summed E-state index contributed by atoms with van der Waals surface area (Å²) in [6.45, 7) is 1.87. The van der Waals surface area contributed by atoms with Gasteiger partial charge < -0.3 is 14.5 Å². The number of hydrogen-bond acceptors (Lipinski definition) is 2. The van der Waals surface area contributed by atoms with Crippen molar-refractivity contribution >= 4 is 5.96 Å². The fourth-order valence-corrected chi connectivity index (χ4v) is 2.54. The van der Waals surface area contributed by atoms with Gasteiger partial charge in [-0.05, 0) is 16.7 Å². The Morgan fingerprint density at radius 2 is 1.38 bits per heavy atom. The number of hydrogen-bond donors (Lipinski definition) is 0. The Hall–Kier alpha value is -2.33. The van der Waals surface area contributed by atoms with Crippen LogP contribution < -0.4 is 0 Å². The van der Waals surface area contributed by atoms with Crippen molar-refractivity contribution in [1.82, 2.24) is 9.80 Å². The summed E-state index contributed by atoms with van der Waals surface area (Å²) in [4.78, 5) is 8.78. The zero-order valence-corrected chi connectivity index (χ0v) is 15.1. The van der Waals surface area contributed by atoms with E-state index in [-0.39, 0.29) is 0 Å². The highest BCUT2D eigenvalue weighted by Crippen LogP contribution is 2.13. The van der Waals surface area contributed by atoms with Crippen molar-refractivity contribution < 1.29 is 4.74 Å². The largest absolute Gasteiger partial charge is 0.372 e. The third-order valence-corrected chi connectivity index (χ3v) is 3.68. The standard InChI is InChI=1S/C20H27N3O/c1-22(2)20(23(3)4)21-14-18-12-8-9-13-19(18)16-24-15-17-10-6-5-7-11-17/h5-13H,14-16H2,1-4H3. The summed E-state index contributed by atoms with van der Waals surface area (Å²) in [5.74, 6) is 0.954. The molecule has 0 fully saturated rings. The van der Waals surface area contributed by atoms with Crippen molar-refractivity contribution in [3.05, 3.63) is 71.3 Å². The van der Waals surface area contributed by atoms with Gasteiger partial charge in [-0.3, -0.25) is 0 Å².